The third-order valence-electron chi connectivity index (χ3n) is 5.76. The van der Waals surface area contributed by atoms with Crippen LogP contribution in [0.1, 0.15) is 32.3 Å². The van der Waals surface area contributed by atoms with Crippen LogP contribution in [0.4, 0.5) is 0 Å². The number of amides is 1. The number of piperazine rings is 1. The summed E-state index contributed by atoms with van der Waals surface area (Å²) in [6.07, 6.45) is 2.28. The smallest absolute Gasteiger partial charge is 0.236 e. The van der Waals surface area contributed by atoms with Gasteiger partial charge in [0.25, 0.3) is 0 Å². The van der Waals surface area contributed by atoms with Gasteiger partial charge in [0.1, 0.15) is 0 Å². The van der Waals surface area contributed by atoms with Crippen LogP contribution in [0.15, 0.2) is 23.2 Å². The first-order valence-corrected chi connectivity index (χ1v) is 11.5. The molecule has 172 valence electrons. The van der Waals surface area contributed by atoms with Crippen LogP contribution in [0.3, 0.4) is 0 Å². The predicted molar refractivity (Wildman–Crippen MR) is 123 cm³/mol. The highest BCUT2D eigenvalue weighted by molar-refractivity contribution is 5.80. The number of carbonyl (C=O) groups excluding carboxylic acids is 1. The fraction of sp³-hybridized carbons (Fsp3) is 0.652. The van der Waals surface area contributed by atoms with Gasteiger partial charge in [0.15, 0.2) is 17.5 Å². The Morgan fingerprint density at radius 3 is 2.42 bits per heavy atom. The number of methoxy groups -OCH3 is 1. The predicted octanol–water partition coefficient (Wildman–Crippen LogP) is 1.80. The van der Waals surface area contributed by atoms with Crippen molar-refractivity contribution in [1.82, 2.24) is 20.0 Å². The standard InChI is InChI=1S/C23H37N5O3/c1-4-24-23(25-17-19-8-9-20(30-3)21(16-19)31-5-2)28-14-12-26(13-15-28)18-22(29)27-10-6-7-11-27/h8-9,16H,4-7,10-15,17-18H2,1-3H3,(H,24,25). The van der Waals surface area contributed by atoms with Gasteiger partial charge >= 0.3 is 0 Å². The van der Waals surface area contributed by atoms with Gasteiger partial charge in [-0.25, -0.2) is 4.99 Å². The number of benzene rings is 1. The molecule has 1 amide bonds. The number of hydrogen-bond acceptors (Lipinski definition) is 5. The first-order chi connectivity index (χ1) is 15.1. The maximum atomic E-state index is 12.4. The Labute approximate surface area is 186 Å². The largest absolute Gasteiger partial charge is 0.493 e. The summed E-state index contributed by atoms with van der Waals surface area (Å²) in [5, 5.41) is 3.41. The van der Waals surface area contributed by atoms with E-state index >= 15 is 0 Å². The molecule has 0 aromatic heterocycles. The Morgan fingerprint density at radius 2 is 1.77 bits per heavy atom. The van der Waals surface area contributed by atoms with Crippen molar-refractivity contribution in [2.75, 3.05) is 66.1 Å². The second-order valence-corrected chi connectivity index (χ2v) is 7.94. The number of hydrogen-bond donors (Lipinski definition) is 1. The second kappa shape index (κ2) is 11.8. The van der Waals surface area contributed by atoms with Crippen LogP contribution < -0.4 is 14.8 Å². The minimum absolute atomic E-state index is 0.274. The third-order valence-corrected chi connectivity index (χ3v) is 5.76. The minimum atomic E-state index is 0.274. The number of likely N-dealkylation sites (tertiary alicyclic amines) is 1. The van der Waals surface area contributed by atoms with Crippen molar-refractivity contribution in [2.24, 2.45) is 4.99 Å². The zero-order chi connectivity index (χ0) is 22.1. The molecular formula is C23H37N5O3. The molecule has 0 unspecified atom stereocenters. The zero-order valence-corrected chi connectivity index (χ0v) is 19.2. The van der Waals surface area contributed by atoms with Crippen molar-refractivity contribution < 1.29 is 14.3 Å². The van der Waals surface area contributed by atoms with E-state index in [1.165, 1.54) is 0 Å². The number of rotatable bonds is 8. The first kappa shape index (κ1) is 23.2. The number of guanidine groups is 1. The Morgan fingerprint density at radius 1 is 1.03 bits per heavy atom. The summed E-state index contributed by atoms with van der Waals surface area (Å²) in [5.41, 5.74) is 1.08. The van der Waals surface area contributed by atoms with Gasteiger partial charge in [0, 0.05) is 45.8 Å². The molecule has 2 heterocycles. The topological polar surface area (TPSA) is 69.6 Å². The highest BCUT2D eigenvalue weighted by Crippen LogP contribution is 2.28. The van der Waals surface area contributed by atoms with Gasteiger partial charge in [0.05, 0.1) is 26.8 Å². The summed E-state index contributed by atoms with van der Waals surface area (Å²) >= 11 is 0. The van der Waals surface area contributed by atoms with Crippen LogP contribution >= 0.6 is 0 Å². The molecule has 0 radical (unpaired) electrons. The monoisotopic (exact) mass is 431 g/mol. The molecule has 8 heteroatoms. The van der Waals surface area contributed by atoms with Crippen molar-refractivity contribution >= 4 is 11.9 Å². The molecule has 2 aliphatic heterocycles. The summed E-state index contributed by atoms with van der Waals surface area (Å²) in [5.74, 6) is 2.68. The lowest BCUT2D eigenvalue weighted by atomic mass is 10.2. The van der Waals surface area contributed by atoms with Gasteiger partial charge < -0.3 is 24.6 Å². The van der Waals surface area contributed by atoms with Crippen LogP contribution in [-0.2, 0) is 11.3 Å². The molecule has 1 aromatic carbocycles. The maximum absolute atomic E-state index is 12.4. The molecule has 2 fully saturated rings. The SMILES string of the molecule is CCNC(=NCc1ccc(OC)c(OCC)c1)N1CCN(CC(=O)N2CCCC2)CC1. The minimum Gasteiger partial charge on any atom is -0.493 e. The van der Waals surface area contributed by atoms with E-state index in [0.29, 0.717) is 19.7 Å². The van der Waals surface area contributed by atoms with Crippen molar-refractivity contribution in [2.45, 2.75) is 33.2 Å². The first-order valence-electron chi connectivity index (χ1n) is 11.5. The Bertz CT molecular complexity index is 741. The van der Waals surface area contributed by atoms with Crippen molar-refractivity contribution in [3.8, 4) is 11.5 Å². The summed E-state index contributed by atoms with van der Waals surface area (Å²) < 4.78 is 11.1. The molecular weight excluding hydrogens is 394 g/mol. The van der Waals surface area contributed by atoms with Gasteiger partial charge in [-0.15, -0.1) is 0 Å². The number of ether oxygens (including phenoxy) is 2. The maximum Gasteiger partial charge on any atom is 0.236 e. The van der Waals surface area contributed by atoms with Gasteiger partial charge in [-0.2, -0.15) is 0 Å². The Kier molecular flexibility index (Phi) is 8.82. The molecule has 8 nitrogen and oxygen atoms in total. The zero-order valence-electron chi connectivity index (χ0n) is 19.2. The molecule has 31 heavy (non-hydrogen) atoms. The lowest BCUT2D eigenvalue weighted by Gasteiger charge is -2.36. The van der Waals surface area contributed by atoms with Crippen LogP contribution in [0.5, 0.6) is 11.5 Å². The fourth-order valence-electron chi connectivity index (χ4n) is 4.06. The number of nitrogens with one attached hydrogen (secondary N) is 1. The third kappa shape index (κ3) is 6.50. The van der Waals surface area contributed by atoms with Gasteiger partial charge in [-0.05, 0) is 44.4 Å². The van der Waals surface area contributed by atoms with Crippen LogP contribution in [0.2, 0.25) is 0 Å². The van der Waals surface area contributed by atoms with Gasteiger partial charge in [-0.1, -0.05) is 6.07 Å². The quantitative estimate of drug-likeness (QED) is 0.500. The molecule has 0 aliphatic carbocycles. The summed E-state index contributed by atoms with van der Waals surface area (Å²) in [4.78, 5) is 23.8. The van der Waals surface area contributed by atoms with E-state index in [9.17, 15) is 4.79 Å². The normalized spacial score (nSPS) is 17.7. The van der Waals surface area contributed by atoms with Gasteiger partial charge in [-0.3, -0.25) is 9.69 Å². The lowest BCUT2D eigenvalue weighted by molar-refractivity contribution is -0.131. The van der Waals surface area contributed by atoms with Crippen molar-refractivity contribution in [3.63, 3.8) is 0 Å². The molecule has 0 bridgehead atoms. The Hall–Kier alpha value is -2.48. The van der Waals surface area contributed by atoms with E-state index in [2.05, 4.69) is 22.0 Å². The summed E-state index contributed by atoms with van der Waals surface area (Å²) in [7, 11) is 1.65. The molecule has 0 atom stereocenters. The van der Waals surface area contributed by atoms with E-state index in [1.54, 1.807) is 7.11 Å². The van der Waals surface area contributed by atoms with Crippen molar-refractivity contribution in [1.29, 1.82) is 0 Å². The van der Waals surface area contributed by atoms with Crippen LogP contribution in [0.25, 0.3) is 0 Å². The molecule has 2 saturated heterocycles. The summed E-state index contributed by atoms with van der Waals surface area (Å²) in [6.45, 7) is 11.9. The van der Waals surface area contributed by atoms with Crippen LogP contribution in [-0.4, -0.2) is 92.6 Å². The highest BCUT2D eigenvalue weighted by atomic mass is 16.5. The number of aliphatic imine (C=N–C) groups is 1. The number of nitrogens with zero attached hydrogens (tertiary/aromatic N) is 4. The lowest BCUT2D eigenvalue weighted by Crippen LogP contribution is -2.54. The van der Waals surface area contributed by atoms with E-state index in [1.807, 2.05) is 30.0 Å². The molecule has 1 N–H and O–H groups in total. The second-order valence-electron chi connectivity index (χ2n) is 7.94. The average Bonchev–Trinajstić information content (AvgIpc) is 3.33. The fourth-order valence-corrected chi connectivity index (χ4v) is 4.06. The molecule has 1 aromatic rings. The van der Waals surface area contributed by atoms with Crippen molar-refractivity contribution in [3.05, 3.63) is 23.8 Å². The number of carbonyl (C=O) groups is 1. The van der Waals surface area contributed by atoms with E-state index in [4.69, 9.17) is 14.5 Å². The Balaban J connectivity index is 1.56. The van der Waals surface area contributed by atoms with Crippen LogP contribution in [0, 0.1) is 0 Å². The van der Waals surface area contributed by atoms with E-state index < -0.39 is 0 Å². The highest BCUT2D eigenvalue weighted by Gasteiger charge is 2.24. The molecule has 0 spiro atoms. The summed E-state index contributed by atoms with van der Waals surface area (Å²) in [6, 6.07) is 5.95. The van der Waals surface area contributed by atoms with E-state index in [0.717, 1.165) is 81.7 Å². The molecule has 3 rings (SSSR count). The molecule has 2 aliphatic rings. The molecule has 0 saturated carbocycles. The average molecular weight is 432 g/mol. The van der Waals surface area contributed by atoms with Gasteiger partial charge in [0.2, 0.25) is 5.91 Å². The van der Waals surface area contributed by atoms with E-state index in [-0.39, 0.29) is 5.91 Å².